The van der Waals surface area contributed by atoms with Gasteiger partial charge in [0.25, 0.3) is 0 Å². The van der Waals surface area contributed by atoms with Gasteiger partial charge in [-0.05, 0) is 54.5 Å². The minimum Gasteiger partial charge on any atom is -0.224 e. The molecule has 0 spiro atoms. The van der Waals surface area contributed by atoms with Crippen LogP contribution in [0.3, 0.4) is 0 Å². The van der Waals surface area contributed by atoms with Crippen LogP contribution in [0.15, 0.2) is 59.5 Å². The van der Waals surface area contributed by atoms with E-state index in [0.29, 0.717) is 10.8 Å². The predicted octanol–water partition coefficient (Wildman–Crippen LogP) is 4.77. The van der Waals surface area contributed by atoms with Crippen LogP contribution in [0.1, 0.15) is 31.2 Å². The van der Waals surface area contributed by atoms with Crippen molar-refractivity contribution in [1.29, 1.82) is 0 Å². The molecule has 1 saturated carbocycles. The van der Waals surface area contributed by atoms with E-state index >= 15 is 0 Å². The number of halogens is 1. The summed E-state index contributed by atoms with van der Waals surface area (Å²) in [4.78, 5) is 0.125. The van der Waals surface area contributed by atoms with Crippen LogP contribution in [0.2, 0.25) is 0 Å². The van der Waals surface area contributed by atoms with Gasteiger partial charge in [-0.2, -0.15) is 0 Å². The predicted molar refractivity (Wildman–Crippen MR) is 96.4 cm³/mol. The number of benzene rings is 1. The maximum absolute atomic E-state index is 11.6. The zero-order chi connectivity index (χ0) is 16.7. The Hall–Kier alpha value is -1.32. The van der Waals surface area contributed by atoms with Gasteiger partial charge >= 0.3 is 0 Å². The quantitative estimate of drug-likeness (QED) is 0.567. The molecule has 0 aliphatic heterocycles. The van der Waals surface area contributed by atoms with Gasteiger partial charge in [-0.1, -0.05) is 30.4 Å². The van der Waals surface area contributed by atoms with Gasteiger partial charge in [0.05, 0.1) is 9.77 Å². The maximum Gasteiger partial charge on any atom is 0.175 e. The van der Waals surface area contributed by atoms with Crippen LogP contribution in [0.5, 0.6) is 0 Å². The lowest BCUT2D eigenvalue weighted by Crippen LogP contribution is -1.97. The van der Waals surface area contributed by atoms with Crippen molar-refractivity contribution in [2.75, 3.05) is 6.26 Å². The van der Waals surface area contributed by atoms with Crippen LogP contribution < -0.4 is 0 Å². The lowest BCUT2D eigenvalue weighted by molar-refractivity contribution is 0.602. The first-order valence-corrected chi connectivity index (χ1v) is 10.1. The molecular formula is C19H21ClO2S. The smallest absolute Gasteiger partial charge is 0.175 e. The summed E-state index contributed by atoms with van der Waals surface area (Å²) >= 11 is 6.35. The van der Waals surface area contributed by atoms with Crippen molar-refractivity contribution in [3.8, 4) is 0 Å². The lowest BCUT2D eigenvalue weighted by atomic mass is 10.0. The summed E-state index contributed by atoms with van der Waals surface area (Å²) < 4.78 is 23.1. The molecule has 2 unspecified atom stereocenters. The molecule has 2 aliphatic rings. The second-order valence-electron chi connectivity index (χ2n) is 6.45. The fourth-order valence-electron chi connectivity index (χ4n) is 3.16. The minimum atomic E-state index is -3.14. The third-order valence-electron chi connectivity index (χ3n) is 4.75. The third-order valence-corrected chi connectivity index (χ3v) is 6.47. The second-order valence-corrected chi connectivity index (χ2v) is 9.17. The zero-order valence-electron chi connectivity index (χ0n) is 13.3. The highest BCUT2D eigenvalue weighted by Gasteiger charge is 2.48. The van der Waals surface area contributed by atoms with E-state index in [4.69, 9.17) is 11.6 Å². The minimum absolute atomic E-state index is 0.243. The Morgan fingerprint density at radius 2 is 1.96 bits per heavy atom. The van der Waals surface area contributed by atoms with E-state index in [1.807, 2.05) is 18.2 Å². The van der Waals surface area contributed by atoms with Crippen LogP contribution in [0.4, 0.5) is 0 Å². The summed E-state index contributed by atoms with van der Waals surface area (Å²) in [6, 6.07) is 7.22. The number of rotatable bonds is 5. The van der Waals surface area contributed by atoms with Crippen molar-refractivity contribution in [3.05, 3.63) is 60.2 Å². The van der Waals surface area contributed by atoms with Crippen molar-refractivity contribution < 1.29 is 8.42 Å². The van der Waals surface area contributed by atoms with E-state index in [9.17, 15) is 8.42 Å². The summed E-state index contributed by atoms with van der Waals surface area (Å²) in [7, 11) is -3.14. The zero-order valence-corrected chi connectivity index (χ0v) is 14.8. The molecule has 3 rings (SSSR count). The SMILES string of the molecule is C=CC1(Cl)CC1/C=C/C1=C(c2ccc(S(C)(=O)=O)cc2)CCC1. The summed E-state index contributed by atoms with van der Waals surface area (Å²) in [5, 5.41) is 0. The van der Waals surface area contributed by atoms with E-state index in [-0.39, 0.29) is 4.87 Å². The molecule has 4 heteroatoms. The Kier molecular flexibility index (Phi) is 4.28. The van der Waals surface area contributed by atoms with Gasteiger partial charge in [0.1, 0.15) is 0 Å². The molecule has 1 fully saturated rings. The van der Waals surface area contributed by atoms with Gasteiger partial charge < -0.3 is 0 Å². The Balaban J connectivity index is 1.83. The Bertz CT molecular complexity index is 787. The Morgan fingerprint density at radius 3 is 2.52 bits per heavy atom. The molecule has 0 N–H and O–H groups in total. The molecule has 0 heterocycles. The van der Waals surface area contributed by atoms with Crippen molar-refractivity contribution in [2.24, 2.45) is 5.92 Å². The molecule has 0 bridgehead atoms. The average Bonchev–Trinajstić information content (AvgIpc) is 2.95. The molecule has 0 saturated heterocycles. The summed E-state index contributed by atoms with van der Waals surface area (Å²) in [5.74, 6) is 0.378. The molecular weight excluding hydrogens is 328 g/mol. The first kappa shape index (κ1) is 16.5. The molecule has 0 aromatic heterocycles. The Morgan fingerprint density at radius 1 is 1.26 bits per heavy atom. The highest BCUT2D eigenvalue weighted by molar-refractivity contribution is 7.90. The molecule has 122 valence electrons. The molecule has 1 aromatic rings. The van der Waals surface area contributed by atoms with Crippen molar-refractivity contribution >= 4 is 27.0 Å². The summed E-state index contributed by atoms with van der Waals surface area (Å²) in [5.41, 5.74) is 3.78. The van der Waals surface area contributed by atoms with E-state index in [1.165, 1.54) is 17.4 Å². The van der Waals surface area contributed by atoms with Crippen molar-refractivity contribution in [1.82, 2.24) is 0 Å². The maximum atomic E-state index is 11.6. The summed E-state index contributed by atoms with van der Waals surface area (Å²) in [6.45, 7) is 3.79. The molecule has 0 radical (unpaired) electrons. The monoisotopic (exact) mass is 348 g/mol. The van der Waals surface area contributed by atoms with E-state index in [2.05, 4.69) is 18.7 Å². The van der Waals surface area contributed by atoms with Gasteiger partial charge in [0, 0.05) is 12.2 Å². The molecule has 23 heavy (non-hydrogen) atoms. The number of allylic oxidation sites excluding steroid dienone is 5. The molecule has 2 atom stereocenters. The van der Waals surface area contributed by atoms with Crippen LogP contribution in [-0.2, 0) is 9.84 Å². The van der Waals surface area contributed by atoms with Crippen LogP contribution in [-0.4, -0.2) is 19.5 Å². The molecule has 2 aliphatic carbocycles. The highest BCUT2D eigenvalue weighted by atomic mass is 35.5. The third kappa shape index (κ3) is 3.46. The topological polar surface area (TPSA) is 34.1 Å². The number of hydrogen-bond donors (Lipinski definition) is 0. The standard InChI is InChI=1S/C19H21ClO2S/c1-3-19(20)13-16(19)10-7-14-5-4-6-18(14)15-8-11-17(12-9-15)23(2,21)22/h3,7-12,16H,1,4-6,13H2,2H3/b10-7+. The fraction of sp³-hybridized carbons (Fsp3) is 0.368. The van der Waals surface area contributed by atoms with Gasteiger partial charge in [0.2, 0.25) is 0 Å². The van der Waals surface area contributed by atoms with Crippen molar-refractivity contribution in [3.63, 3.8) is 0 Å². The van der Waals surface area contributed by atoms with Gasteiger partial charge in [-0.3, -0.25) is 0 Å². The first-order chi connectivity index (χ1) is 10.8. The van der Waals surface area contributed by atoms with E-state index < -0.39 is 9.84 Å². The van der Waals surface area contributed by atoms with Gasteiger partial charge in [-0.15, -0.1) is 18.2 Å². The second kappa shape index (κ2) is 5.95. The van der Waals surface area contributed by atoms with E-state index in [0.717, 1.165) is 31.2 Å². The van der Waals surface area contributed by atoms with Crippen LogP contribution >= 0.6 is 11.6 Å². The van der Waals surface area contributed by atoms with Gasteiger partial charge in [0.15, 0.2) is 9.84 Å². The first-order valence-electron chi connectivity index (χ1n) is 7.87. The van der Waals surface area contributed by atoms with Crippen molar-refractivity contribution in [2.45, 2.75) is 35.5 Å². The van der Waals surface area contributed by atoms with Gasteiger partial charge in [-0.25, -0.2) is 8.42 Å². The van der Waals surface area contributed by atoms with E-state index in [1.54, 1.807) is 12.1 Å². The highest BCUT2D eigenvalue weighted by Crippen LogP contribution is 2.51. The molecule has 0 amide bonds. The average molecular weight is 349 g/mol. The van der Waals surface area contributed by atoms with Crippen LogP contribution in [0.25, 0.3) is 5.57 Å². The Labute approximate surface area is 143 Å². The lowest BCUT2D eigenvalue weighted by Gasteiger charge is -2.06. The summed E-state index contributed by atoms with van der Waals surface area (Å²) in [6.07, 6.45) is 11.7. The number of sulfone groups is 1. The number of hydrogen-bond acceptors (Lipinski definition) is 2. The number of alkyl halides is 1. The molecule has 1 aromatic carbocycles. The normalized spacial score (nSPS) is 27.7. The fourth-order valence-corrected chi connectivity index (χ4v) is 4.03. The molecule has 2 nitrogen and oxygen atoms in total. The largest absolute Gasteiger partial charge is 0.224 e. The van der Waals surface area contributed by atoms with Crippen LogP contribution in [0, 0.1) is 5.92 Å².